The van der Waals surface area contributed by atoms with E-state index in [4.69, 9.17) is 10.2 Å². The van der Waals surface area contributed by atoms with Crippen LogP contribution in [0, 0.1) is 0 Å². The van der Waals surface area contributed by atoms with Crippen molar-refractivity contribution >= 4 is 33.7 Å². The highest BCUT2D eigenvalue weighted by atomic mass is 32.2. The number of halogens is 1. The molecule has 176 valence electrons. The van der Waals surface area contributed by atoms with Crippen LogP contribution in [0.2, 0.25) is 0 Å². The second kappa shape index (κ2) is 10.7. The third-order valence-corrected chi connectivity index (χ3v) is 5.79. The minimum Gasteiger partial charge on any atom is -0.507 e. The molecule has 11 nitrogen and oxygen atoms in total. The number of benzene rings is 2. The van der Waals surface area contributed by atoms with Crippen LogP contribution in [-0.2, 0) is 26.2 Å². The van der Waals surface area contributed by atoms with Gasteiger partial charge in [0.2, 0.25) is 10.0 Å². The summed E-state index contributed by atoms with van der Waals surface area (Å²) >= 11 is 0. The van der Waals surface area contributed by atoms with Crippen LogP contribution < -0.4 is 10.0 Å². The van der Waals surface area contributed by atoms with Gasteiger partial charge in [-0.05, 0) is 35.9 Å². The molecular weight excluding hydrogens is 463 g/mol. The van der Waals surface area contributed by atoms with Crippen molar-refractivity contribution in [3.63, 3.8) is 0 Å². The minimum atomic E-state index is -4.13. The molecule has 0 fully saturated rings. The van der Waals surface area contributed by atoms with E-state index in [1.54, 1.807) is 0 Å². The van der Waals surface area contributed by atoms with Gasteiger partial charge in [0.1, 0.15) is 24.0 Å². The summed E-state index contributed by atoms with van der Waals surface area (Å²) in [5.41, 5.74) is -0.150. The van der Waals surface area contributed by atoms with Gasteiger partial charge in [0, 0.05) is 12.1 Å². The van der Waals surface area contributed by atoms with Crippen LogP contribution in [0.15, 0.2) is 47.4 Å². The second-order valence-corrected chi connectivity index (χ2v) is 8.50. The molecule has 2 aromatic rings. The maximum absolute atomic E-state index is 12.6. The number of Topliss-reactive ketones (excluding diaryl/α,β-unsaturated/α-hetero) is 1. The number of carboxylic acid groups (broad SMARTS) is 2. The summed E-state index contributed by atoms with van der Waals surface area (Å²) in [6.45, 7) is -1.66. The van der Waals surface area contributed by atoms with E-state index >= 15 is 0 Å². The van der Waals surface area contributed by atoms with Crippen LogP contribution in [0.5, 0.6) is 5.75 Å². The summed E-state index contributed by atoms with van der Waals surface area (Å²) in [6, 6.07) is 6.60. The van der Waals surface area contributed by atoms with Gasteiger partial charge in [-0.25, -0.2) is 22.3 Å². The van der Waals surface area contributed by atoms with Gasteiger partial charge in [-0.15, -0.1) is 0 Å². The van der Waals surface area contributed by atoms with Crippen molar-refractivity contribution in [2.24, 2.45) is 0 Å². The first-order chi connectivity index (χ1) is 15.4. The first-order valence-corrected chi connectivity index (χ1v) is 10.7. The van der Waals surface area contributed by atoms with E-state index in [1.165, 1.54) is 24.3 Å². The molecule has 33 heavy (non-hydrogen) atoms. The maximum atomic E-state index is 12.6. The third-order valence-electron chi connectivity index (χ3n) is 4.40. The van der Waals surface area contributed by atoms with E-state index in [-0.39, 0.29) is 17.0 Å². The number of rotatable bonds is 11. The number of nitrogens with one attached hydrogen (secondary N) is 2. The van der Waals surface area contributed by atoms with E-state index in [0.717, 1.165) is 18.2 Å². The van der Waals surface area contributed by atoms with Crippen molar-refractivity contribution in [2.75, 3.05) is 6.67 Å². The molecule has 0 saturated heterocycles. The molecule has 0 unspecified atom stereocenters. The van der Waals surface area contributed by atoms with Crippen LogP contribution in [0.4, 0.5) is 4.39 Å². The number of carboxylic acids is 2. The fourth-order valence-corrected chi connectivity index (χ4v) is 3.69. The number of carbonyl (C=O) groups excluding carboxylic acids is 2. The molecule has 0 radical (unpaired) electrons. The predicted molar refractivity (Wildman–Crippen MR) is 110 cm³/mol. The number of amides is 1. The average Bonchev–Trinajstić information content (AvgIpc) is 2.76. The Morgan fingerprint density at radius 2 is 1.64 bits per heavy atom. The van der Waals surface area contributed by atoms with Gasteiger partial charge in [0.15, 0.2) is 5.78 Å². The Morgan fingerprint density at radius 1 is 1.00 bits per heavy atom. The molecule has 5 N–H and O–H groups in total. The van der Waals surface area contributed by atoms with E-state index in [9.17, 15) is 37.1 Å². The van der Waals surface area contributed by atoms with Gasteiger partial charge < -0.3 is 20.6 Å². The molecule has 0 aliphatic heterocycles. The number of aliphatic carboxylic acids is 1. The highest BCUT2D eigenvalue weighted by Gasteiger charge is 2.24. The summed E-state index contributed by atoms with van der Waals surface area (Å²) in [6.07, 6.45) is -0.783. The van der Waals surface area contributed by atoms with Crippen molar-refractivity contribution in [1.82, 2.24) is 10.0 Å². The van der Waals surface area contributed by atoms with Gasteiger partial charge in [-0.2, -0.15) is 0 Å². The van der Waals surface area contributed by atoms with Gasteiger partial charge in [-0.3, -0.25) is 14.4 Å². The van der Waals surface area contributed by atoms with Crippen molar-refractivity contribution in [3.05, 3.63) is 59.2 Å². The third kappa shape index (κ3) is 6.82. The monoisotopic (exact) mass is 482 g/mol. The topological polar surface area (TPSA) is 187 Å². The van der Waals surface area contributed by atoms with E-state index in [2.05, 4.69) is 10.0 Å². The second-order valence-electron chi connectivity index (χ2n) is 6.73. The van der Waals surface area contributed by atoms with Crippen molar-refractivity contribution in [2.45, 2.75) is 23.9 Å². The number of hydrogen-bond acceptors (Lipinski definition) is 7. The number of aromatic hydroxyl groups is 1. The highest BCUT2D eigenvalue weighted by molar-refractivity contribution is 7.89. The Morgan fingerprint density at radius 3 is 2.18 bits per heavy atom. The number of aromatic carboxylic acids is 1. The lowest BCUT2D eigenvalue weighted by Gasteiger charge is -2.14. The summed E-state index contributed by atoms with van der Waals surface area (Å²) in [4.78, 5) is 45.2. The first-order valence-electron chi connectivity index (χ1n) is 9.21. The molecule has 1 amide bonds. The number of carbonyl (C=O) groups is 4. The molecule has 0 aliphatic carbocycles. The maximum Gasteiger partial charge on any atom is 0.339 e. The zero-order valence-corrected chi connectivity index (χ0v) is 17.6. The van der Waals surface area contributed by atoms with Crippen LogP contribution in [0.1, 0.15) is 32.7 Å². The van der Waals surface area contributed by atoms with E-state index in [1.807, 2.05) is 0 Å². The highest BCUT2D eigenvalue weighted by Crippen LogP contribution is 2.21. The number of ketones is 1. The standard InChI is InChI=1S/C20H19FN2O9S/c21-9-17(25)15(8-18(26)27)23-19(28)12-3-1-11(2-4-12)10-22-33(31,32)13-5-6-16(24)14(7-13)20(29)30/h1-7,15,22,24H,8-10H2,(H,23,28)(H,26,27)(H,29,30)/t15-/m0/s1. The SMILES string of the molecule is O=C(O)C[C@H](NC(=O)c1ccc(CNS(=O)(=O)c2ccc(O)c(C(=O)O)c2)cc1)C(=O)CF. The van der Waals surface area contributed by atoms with Gasteiger partial charge in [0.25, 0.3) is 5.91 Å². The van der Waals surface area contributed by atoms with E-state index in [0.29, 0.717) is 5.56 Å². The molecule has 0 spiro atoms. The molecule has 0 aliphatic rings. The molecule has 13 heteroatoms. The number of sulfonamides is 1. The molecule has 0 heterocycles. The average molecular weight is 482 g/mol. The Bertz CT molecular complexity index is 1180. The lowest BCUT2D eigenvalue weighted by Crippen LogP contribution is -2.43. The van der Waals surface area contributed by atoms with Crippen LogP contribution in [0.3, 0.4) is 0 Å². The van der Waals surface area contributed by atoms with Crippen molar-refractivity contribution in [1.29, 1.82) is 0 Å². The van der Waals surface area contributed by atoms with Crippen LogP contribution in [-0.4, -0.2) is 60.1 Å². The number of hydrogen-bond donors (Lipinski definition) is 5. The fourth-order valence-electron chi connectivity index (χ4n) is 2.64. The first kappa shape index (κ1) is 25.4. The van der Waals surface area contributed by atoms with Crippen molar-refractivity contribution in [3.8, 4) is 5.75 Å². The van der Waals surface area contributed by atoms with Crippen LogP contribution >= 0.6 is 0 Å². The molecule has 0 saturated carbocycles. The Kier molecular flexibility index (Phi) is 8.21. The zero-order chi connectivity index (χ0) is 24.8. The lowest BCUT2D eigenvalue weighted by molar-refractivity contribution is -0.139. The van der Waals surface area contributed by atoms with Gasteiger partial charge in [-0.1, -0.05) is 12.1 Å². The normalized spacial score (nSPS) is 12.0. The molecule has 2 aromatic carbocycles. The quantitative estimate of drug-likeness (QED) is 0.307. The summed E-state index contributed by atoms with van der Waals surface area (Å²) in [5.74, 6) is -5.39. The Balaban J connectivity index is 2.07. The molecule has 0 aromatic heterocycles. The lowest BCUT2D eigenvalue weighted by atomic mass is 10.1. The molecule has 0 bridgehead atoms. The summed E-state index contributed by atoms with van der Waals surface area (Å²) in [7, 11) is -4.13. The molecule has 2 rings (SSSR count). The fraction of sp³-hybridized carbons (Fsp3) is 0.200. The van der Waals surface area contributed by atoms with Gasteiger partial charge in [0.05, 0.1) is 11.3 Å². The number of phenols is 1. The summed E-state index contributed by atoms with van der Waals surface area (Å²) < 4.78 is 39.7. The molecular formula is C20H19FN2O9S. The van der Waals surface area contributed by atoms with E-state index < -0.39 is 64.1 Å². The zero-order valence-electron chi connectivity index (χ0n) is 16.8. The predicted octanol–water partition coefficient (Wildman–Crippen LogP) is 0.681. The van der Waals surface area contributed by atoms with Crippen molar-refractivity contribution < 1.29 is 47.3 Å². The summed E-state index contributed by atoms with van der Waals surface area (Å²) in [5, 5.41) is 29.4. The number of alkyl halides is 1. The largest absolute Gasteiger partial charge is 0.507 e. The van der Waals surface area contributed by atoms with Crippen LogP contribution in [0.25, 0.3) is 0 Å². The van der Waals surface area contributed by atoms with Gasteiger partial charge >= 0.3 is 11.9 Å². The Hall–Kier alpha value is -3.84. The molecule has 1 atom stereocenters. The Labute approximate surface area is 186 Å². The smallest absolute Gasteiger partial charge is 0.339 e. The minimum absolute atomic E-state index is 0.0216.